The minimum absolute atomic E-state index is 0.00753. The Balaban J connectivity index is 1.86. The Labute approximate surface area is 142 Å². The fourth-order valence-corrected chi connectivity index (χ4v) is 3.14. The van der Waals surface area contributed by atoms with Crippen LogP contribution in [-0.2, 0) is 16.0 Å². The quantitative estimate of drug-likeness (QED) is 0.827. The second-order valence-electron chi connectivity index (χ2n) is 6.25. The number of nitrogens with zero attached hydrogens (tertiary/aromatic N) is 1. The number of benzene rings is 1. The topological polar surface area (TPSA) is 76.1 Å². The number of aryl methyl sites for hydroxylation is 1. The number of ether oxygens (including phenoxy) is 2. The van der Waals surface area contributed by atoms with Gasteiger partial charge in [-0.2, -0.15) is 0 Å². The van der Waals surface area contributed by atoms with Gasteiger partial charge in [-0.15, -0.1) is 0 Å². The first-order valence-corrected chi connectivity index (χ1v) is 8.17. The predicted octanol–water partition coefficient (Wildman–Crippen LogP) is 2.21. The maximum atomic E-state index is 12.3. The van der Waals surface area contributed by atoms with Crippen molar-refractivity contribution in [2.24, 2.45) is 11.8 Å². The highest BCUT2D eigenvalue weighted by Crippen LogP contribution is 2.27. The molecule has 1 N–H and O–H groups in total. The summed E-state index contributed by atoms with van der Waals surface area (Å²) in [6, 6.07) is 5.65. The summed E-state index contributed by atoms with van der Waals surface area (Å²) in [5.74, 6) is 0.252. The summed E-state index contributed by atoms with van der Waals surface area (Å²) < 4.78 is 10.5. The van der Waals surface area contributed by atoms with Crippen molar-refractivity contribution in [2.45, 2.75) is 26.2 Å². The number of hydrogen-bond acceptors (Lipinski definition) is 4. The number of carbonyl (C=O) groups excluding carboxylic acids is 1. The number of carbonyl (C=O) groups is 2. The Bertz CT molecular complexity index is 601. The molecule has 1 saturated heterocycles. The van der Waals surface area contributed by atoms with Crippen LogP contribution >= 0.6 is 0 Å². The number of carboxylic acids is 1. The van der Waals surface area contributed by atoms with E-state index in [9.17, 15) is 9.59 Å². The molecule has 0 aliphatic carbocycles. The third-order valence-electron chi connectivity index (χ3n) is 4.61. The summed E-state index contributed by atoms with van der Waals surface area (Å²) in [5, 5.41) is 9.15. The number of aliphatic carboxylic acids is 1. The van der Waals surface area contributed by atoms with Crippen LogP contribution in [0, 0.1) is 11.8 Å². The number of carboxylic acid groups (broad SMARTS) is 1. The van der Waals surface area contributed by atoms with Gasteiger partial charge in [-0.1, -0.05) is 13.0 Å². The Morgan fingerprint density at radius 1 is 1.25 bits per heavy atom. The van der Waals surface area contributed by atoms with Crippen LogP contribution in [0.5, 0.6) is 11.5 Å². The van der Waals surface area contributed by atoms with E-state index in [0.717, 1.165) is 23.5 Å². The number of amides is 1. The molecule has 1 aromatic rings. The molecule has 1 fully saturated rings. The van der Waals surface area contributed by atoms with E-state index < -0.39 is 11.9 Å². The van der Waals surface area contributed by atoms with Gasteiger partial charge in [0, 0.05) is 25.6 Å². The summed E-state index contributed by atoms with van der Waals surface area (Å²) in [5.41, 5.74) is 1.03. The molecule has 0 aromatic heterocycles. The maximum Gasteiger partial charge on any atom is 0.308 e. The Morgan fingerprint density at radius 3 is 2.58 bits per heavy atom. The van der Waals surface area contributed by atoms with Crippen molar-refractivity contribution in [2.75, 3.05) is 27.3 Å². The van der Waals surface area contributed by atoms with Gasteiger partial charge in [0.15, 0.2) is 0 Å². The second kappa shape index (κ2) is 8.04. The van der Waals surface area contributed by atoms with Gasteiger partial charge in [0.25, 0.3) is 0 Å². The van der Waals surface area contributed by atoms with Gasteiger partial charge in [0.2, 0.25) is 5.91 Å². The first-order valence-electron chi connectivity index (χ1n) is 8.17. The standard InChI is InChI=1S/C18H25NO5/c1-12-10-19(11-15(12)18(21)22)17(20)6-4-5-13-7-8-14(23-2)9-16(13)24-3/h7-9,12,15H,4-6,10-11H2,1-3H3,(H,21,22)/t12-,15-/m1/s1. The molecule has 1 aliphatic heterocycles. The molecule has 1 aromatic carbocycles. The van der Waals surface area contributed by atoms with Gasteiger partial charge >= 0.3 is 5.97 Å². The first kappa shape index (κ1) is 18.1. The Hall–Kier alpha value is -2.24. The van der Waals surface area contributed by atoms with E-state index in [0.29, 0.717) is 25.9 Å². The van der Waals surface area contributed by atoms with E-state index >= 15 is 0 Å². The van der Waals surface area contributed by atoms with Gasteiger partial charge in [-0.05, 0) is 30.4 Å². The molecule has 0 unspecified atom stereocenters. The van der Waals surface area contributed by atoms with E-state index in [2.05, 4.69) is 0 Å². The van der Waals surface area contributed by atoms with Crippen LogP contribution in [0.15, 0.2) is 18.2 Å². The van der Waals surface area contributed by atoms with Crippen LogP contribution in [0.25, 0.3) is 0 Å². The lowest BCUT2D eigenvalue weighted by molar-refractivity contribution is -0.142. The molecule has 0 spiro atoms. The summed E-state index contributed by atoms with van der Waals surface area (Å²) in [6.07, 6.45) is 1.84. The summed E-state index contributed by atoms with van der Waals surface area (Å²) in [6.45, 7) is 2.73. The van der Waals surface area contributed by atoms with E-state index in [4.69, 9.17) is 14.6 Å². The molecule has 6 heteroatoms. The molecule has 1 amide bonds. The van der Waals surface area contributed by atoms with Gasteiger partial charge in [0.1, 0.15) is 11.5 Å². The fourth-order valence-electron chi connectivity index (χ4n) is 3.14. The van der Waals surface area contributed by atoms with E-state index in [1.54, 1.807) is 19.1 Å². The molecule has 132 valence electrons. The zero-order chi connectivity index (χ0) is 17.7. The van der Waals surface area contributed by atoms with Gasteiger partial charge in [-0.25, -0.2) is 0 Å². The third kappa shape index (κ3) is 4.19. The summed E-state index contributed by atoms with van der Waals surface area (Å²) >= 11 is 0. The number of likely N-dealkylation sites (tertiary alicyclic amines) is 1. The van der Waals surface area contributed by atoms with Crippen LogP contribution in [0.1, 0.15) is 25.3 Å². The van der Waals surface area contributed by atoms with Gasteiger partial charge in [-0.3, -0.25) is 9.59 Å². The zero-order valence-corrected chi connectivity index (χ0v) is 14.4. The molecule has 6 nitrogen and oxygen atoms in total. The minimum atomic E-state index is -0.819. The van der Waals surface area contributed by atoms with Gasteiger partial charge in [0.05, 0.1) is 20.1 Å². The minimum Gasteiger partial charge on any atom is -0.497 e. The molecule has 2 rings (SSSR count). The normalized spacial score (nSPS) is 20.0. The monoisotopic (exact) mass is 335 g/mol. The van der Waals surface area contributed by atoms with Crippen molar-refractivity contribution in [3.63, 3.8) is 0 Å². The smallest absolute Gasteiger partial charge is 0.308 e. The second-order valence-corrected chi connectivity index (χ2v) is 6.25. The highest BCUT2D eigenvalue weighted by molar-refractivity contribution is 5.79. The molecule has 2 atom stereocenters. The zero-order valence-electron chi connectivity index (χ0n) is 14.4. The van der Waals surface area contributed by atoms with Crippen molar-refractivity contribution >= 4 is 11.9 Å². The van der Waals surface area contributed by atoms with E-state index in [1.807, 2.05) is 25.1 Å². The summed E-state index contributed by atoms with van der Waals surface area (Å²) in [7, 11) is 3.22. The highest BCUT2D eigenvalue weighted by Gasteiger charge is 2.36. The Morgan fingerprint density at radius 2 is 2.00 bits per heavy atom. The third-order valence-corrected chi connectivity index (χ3v) is 4.61. The number of hydrogen-bond donors (Lipinski definition) is 1. The van der Waals surface area contributed by atoms with Crippen molar-refractivity contribution in [3.8, 4) is 11.5 Å². The van der Waals surface area contributed by atoms with E-state index in [1.165, 1.54) is 0 Å². The van der Waals surface area contributed by atoms with Crippen molar-refractivity contribution in [1.82, 2.24) is 4.90 Å². The van der Waals surface area contributed by atoms with Crippen LogP contribution in [0.2, 0.25) is 0 Å². The number of methoxy groups -OCH3 is 2. The van der Waals surface area contributed by atoms with Crippen LogP contribution in [0.3, 0.4) is 0 Å². The van der Waals surface area contributed by atoms with E-state index in [-0.39, 0.29) is 11.8 Å². The van der Waals surface area contributed by atoms with Crippen molar-refractivity contribution < 1.29 is 24.2 Å². The molecule has 1 heterocycles. The molecule has 1 aliphatic rings. The molecular formula is C18H25NO5. The maximum absolute atomic E-state index is 12.3. The lowest BCUT2D eigenvalue weighted by atomic mass is 9.99. The largest absolute Gasteiger partial charge is 0.497 e. The van der Waals surface area contributed by atoms with Crippen molar-refractivity contribution in [3.05, 3.63) is 23.8 Å². The molecule has 0 radical (unpaired) electrons. The lowest BCUT2D eigenvalue weighted by Crippen LogP contribution is -2.29. The lowest BCUT2D eigenvalue weighted by Gasteiger charge is -2.16. The first-order chi connectivity index (χ1) is 11.5. The average molecular weight is 335 g/mol. The molecule has 0 bridgehead atoms. The van der Waals surface area contributed by atoms with Crippen LogP contribution in [0.4, 0.5) is 0 Å². The Kier molecular flexibility index (Phi) is 6.06. The predicted molar refractivity (Wildman–Crippen MR) is 89.4 cm³/mol. The average Bonchev–Trinajstić information content (AvgIpc) is 2.97. The SMILES string of the molecule is COc1ccc(CCCC(=O)N2C[C@@H](C)[C@H](C(=O)O)C2)c(OC)c1. The fraction of sp³-hybridized carbons (Fsp3) is 0.556. The molecule has 0 saturated carbocycles. The van der Waals surface area contributed by atoms with Gasteiger partial charge < -0.3 is 19.5 Å². The van der Waals surface area contributed by atoms with Crippen LogP contribution in [-0.4, -0.2) is 49.2 Å². The molecule has 24 heavy (non-hydrogen) atoms. The van der Waals surface area contributed by atoms with Crippen molar-refractivity contribution in [1.29, 1.82) is 0 Å². The highest BCUT2D eigenvalue weighted by atomic mass is 16.5. The number of rotatable bonds is 7. The summed E-state index contributed by atoms with van der Waals surface area (Å²) in [4.78, 5) is 25.1. The van der Waals surface area contributed by atoms with Crippen LogP contribution < -0.4 is 9.47 Å². The molecular weight excluding hydrogens is 310 g/mol.